The van der Waals surface area contributed by atoms with Gasteiger partial charge in [-0.2, -0.15) is 0 Å². The number of oxime groups is 1. The SMILES string of the molecule is O=C(O)CCCCCON=C(c1cccs1)c1cccs1. The topological polar surface area (TPSA) is 58.9 Å². The van der Waals surface area contributed by atoms with Crippen LogP contribution in [-0.4, -0.2) is 23.4 Å². The molecule has 2 aromatic heterocycles. The van der Waals surface area contributed by atoms with E-state index in [-0.39, 0.29) is 6.42 Å². The van der Waals surface area contributed by atoms with Gasteiger partial charge in [0, 0.05) is 6.42 Å². The molecule has 0 bridgehead atoms. The van der Waals surface area contributed by atoms with Crippen molar-refractivity contribution in [1.82, 2.24) is 0 Å². The Morgan fingerprint density at radius 1 is 1.10 bits per heavy atom. The smallest absolute Gasteiger partial charge is 0.303 e. The standard InChI is InChI=1S/C15H17NO3S2/c17-14(18)8-2-1-3-9-19-16-15(12-6-4-10-20-12)13-7-5-11-21-13/h4-7,10-11H,1-3,8-9H2,(H,17,18). The summed E-state index contributed by atoms with van der Waals surface area (Å²) in [7, 11) is 0. The predicted molar refractivity (Wildman–Crippen MR) is 86.3 cm³/mol. The van der Waals surface area contributed by atoms with Crippen LogP contribution in [0.1, 0.15) is 35.4 Å². The van der Waals surface area contributed by atoms with Crippen LogP contribution in [-0.2, 0) is 9.63 Å². The molecule has 1 N–H and O–H groups in total. The summed E-state index contributed by atoms with van der Waals surface area (Å²) < 4.78 is 0. The fourth-order valence-corrected chi connectivity index (χ4v) is 3.27. The molecule has 0 aliphatic carbocycles. The van der Waals surface area contributed by atoms with Crippen molar-refractivity contribution in [3.05, 3.63) is 44.8 Å². The Morgan fingerprint density at radius 3 is 2.29 bits per heavy atom. The van der Waals surface area contributed by atoms with Gasteiger partial charge in [0.1, 0.15) is 12.3 Å². The summed E-state index contributed by atoms with van der Waals surface area (Å²) in [6, 6.07) is 8.04. The normalized spacial score (nSPS) is 10.3. The fourth-order valence-electron chi connectivity index (χ4n) is 1.77. The van der Waals surface area contributed by atoms with Crippen LogP contribution in [0.5, 0.6) is 0 Å². The van der Waals surface area contributed by atoms with E-state index in [1.807, 2.05) is 35.0 Å². The lowest BCUT2D eigenvalue weighted by molar-refractivity contribution is -0.137. The van der Waals surface area contributed by atoms with Gasteiger partial charge in [0.15, 0.2) is 0 Å². The number of hydrogen-bond acceptors (Lipinski definition) is 5. The van der Waals surface area contributed by atoms with E-state index in [0.29, 0.717) is 13.0 Å². The van der Waals surface area contributed by atoms with Crippen LogP contribution in [0, 0.1) is 0 Å². The van der Waals surface area contributed by atoms with E-state index in [9.17, 15) is 4.79 Å². The summed E-state index contributed by atoms with van der Waals surface area (Å²) >= 11 is 3.27. The summed E-state index contributed by atoms with van der Waals surface area (Å²) in [6.07, 6.45) is 2.57. The lowest BCUT2D eigenvalue weighted by Gasteiger charge is -2.03. The van der Waals surface area contributed by atoms with Gasteiger partial charge < -0.3 is 9.94 Å². The minimum absolute atomic E-state index is 0.221. The molecule has 4 nitrogen and oxygen atoms in total. The summed E-state index contributed by atoms with van der Waals surface area (Å²) in [5.74, 6) is -0.744. The third-order valence-corrected chi connectivity index (χ3v) is 4.54. The van der Waals surface area contributed by atoms with Gasteiger partial charge in [-0.25, -0.2) is 0 Å². The van der Waals surface area contributed by atoms with Gasteiger partial charge in [0.2, 0.25) is 0 Å². The Balaban J connectivity index is 1.83. The third-order valence-electron chi connectivity index (χ3n) is 2.79. The van der Waals surface area contributed by atoms with Gasteiger partial charge in [-0.3, -0.25) is 4.79 Å². The molecule has 0 aliphatic heterocycles. The van der Waals surface area contributed by atoms with Crippen molar-refractivity contribution in [2.45, 2.75) is 25.7 Å². The number of aliphatic carboxylic acids is 1. The maximum absolute atomic E-state index is 10.4. The summed E-state index contributed by atoms with van der Waals surface area (Å²) in [4.78, 5) is 18.0. The number of hydrogen-bond donors (Lipinski definition) is 1. The molecule has 0 atom stereocenters. The predicted octanol–water partition coefficient (Wildman–Crippen LogP) is 4.22. The minimum atomic E-state index is -0.744. The molecule has 0 radical (unpaired) electrons. The first kappa shape index (κ1) is 15.7. The molecular formula is C15H17NO3S2. The second kappa shape index (κ2) is 8.59. The van der Waals surface area contributed by atoms with E-state index in [0.717, 1.165) is 28.3 Å². The zero-order valence-corrected chi connectivity index (χ0v) is 13.2. The van der Waals surface area contributed by atoms with Crippen molar-refractivity contribution in [2.75, 3.05) is 6.61 Å². The summed E-state index contributed by atoms with van der Waals surface area (Å²) in [5, 5.41) is 16.8. The van der Waals surface area contributed by atoms with Gasteiger partial charge >= 0.3 is 5.97 Å². The molecule has 0 fully saturated rings. The highest BCUT2D eigenvalue weighted by molar-refractivity contribution is 7.15. The monoisotopic (exact) mass is 323 g/mol. The highest BCUT2D eigenvalue weighted by atomic mass is 32.1. The molecule has 2 heterocycles. The lowest BCUT2D eigenvalue weighted by Crippen LogP contribution is -2.01. The molecule has 112 valence electrons. The number of rotatable bonds is 9. The van der Waals surface area contributed by atoms with Crippen LogP contribution in [0.25, 0.3) is 0 Å². The van der Waals surface area contributed by atoms with Crippen LogP contribution in [0.15, 0.2) is 40.2 Å². The van der Waals surface area contributed by atoms with Crippen molar-refractivity contribution in [2.24, 2.45) is 5.16 Å². The zero-order valence-electron chi connectivity index (χ0n) is 11.5. The molecule has 0 spiro atoms. The molecular weight excluding hydrogens is 306 g/mol. The second-order valence-electron chi connectivity index (χ2n) is 4.43. The van der Waals surface area contributed by atoms with E-state index in [4.69, 9.17) is 9.94 Å². The van der Waals surface area contributed by atoms with Crippen LogP contribution in [0.4, 0.5) is 0 Å². The van der Waals surface area contributed by atoms with E-state index in [2.05, 4.69) is 5.16 Å². The Bertz CT molecular complexity index is 526. The largest absolute Gasteiger partial charge is 0.481 e. The minimum Gasteiger partial charge on any atom is -0.481 e. The first-order valence-corrected chi connectivity index (χ1v) is 8.53. The molecule has 0 amide bonds. The summed E-state index contributed by atoms with van der Waals surface area (Å²) in [5.41, 5.74) is 0.866. The molecule has 2 rings (SSSR count). The Hall–Kier alpha value is -1.66. The van der Waals surface area contributed by atoms with Gasteiger partial charge in [0.25, 0.3) is 0 Å². The van der Waals surface area contributed by atoms with Crippen molar-refractivity contribution >= 4 is 34.4 Å². The molecule has 2 aromatic rings. The van der Waals surface area contributed by atoms with Crippen LogP contribution >= 0.6 is 22.7 Å². The third kappa shape index (κ3) is 5.32. The average Bonchev–Trinajstić information content (AvgIpc) is 3.14. The Labute approximate surface area is 131 Å². The first-order chi connectivity index (χ1) is 10.3. The first-order valence-electron chi connectivity index (χ1n) is 6.77. The van der Waals surface area contributed by atoms with Crippen molar-refractivity contribution in [3.63, 3.8) is 0 Å². The van der Waals surface area contributed by atoms with Crippen LogP contribution in [0.3, 0.4) is 0 Å². The van der Waals surface area contributed by atoms with E-state index in [1.165, 1.54) is 0 Å². The van der Waals surface area contributed by atoms with Gasteiger partial charge in [-0.05, 0) is 42.2 Å². The van der Waals surface area contributed by atoms with Crippen LogP contribution in [0.2, 0.25) is 0 Å². The zero-order chi connectivity index (χ0) is 14.9. The van der Waals surface area contributed by atoms with Gasteiger partial charge in [-0.15, -0.1) is 22.7 Å². The highest BCUT2D eigenvalue weighted by Crippen LogP contribution is 2.20. The maximum Gasteiger partial charge on any atom is 0.303 e. The molecule has 0 aromatic carbocycles. The van der Waals surface area contributed by atoms with Crippen molar-refractivity contribution < 1.29 is 14.7 Å². The number of nitrogens with zero attached hydrogens (tertiary/aromatic N) is 1. The number of thiophene rings is 2. The Morgan fingerprint density at radius 2 is 1.76 bits per heavy atom. The molecule has 21 heavy (non-hydrogen) atoms. The number of carboxylic acid groups (broad SMARTS) is 1. The quantitative estimate of drug-likeness (QED) is 0.427. The second-order valence-corrected chi connectivity index (χ2v) is 6.33. The Kier molecular flexibility index (Phi) is 6.43. The van der Waals surface area contributed by atoms with Crippen molar-refractivity contribution in [3.8, 4) is 0 Å². The van der Waals surface area contributed by atoms with Crippen LogP contribution < -0.4 is 0 Å². The number of carboxylic acids is 1. The molecule has 0 saturated carbocycles. The summed E-state index contributed by atoms with van der Waals surface area (Å²) in [6.45, 7) is 0.514. The molecule has 6 heteroatoms. The average molecular weight is 323 g/mol. The lowest BCUT2D eigenvalue weighted by atomic mass is 10.2. The molecule has 0 unspecified atom stereocenters. The molecule has 0 saturated heterocycles. The maximum atomic E-state index is 10.4. The highest BCUT2D eigenvalue weighted by Gasteiger charge is 2.10. The van der Waals surface area contributed by atoms with Gasteiger partial charge in [-0.1, -0.05) is 17.3 Å². The van der Waals surface area contributed by atoms with E-state index >= 15 is 0 Å². The number of unbranched alkanes of at least 4 members (excludes halogenated alkanes) is 2. The van der Waals surface area contributed by atoms with E-state index < -0.39 is 5.97 Å². The van der Waals surface area contributed by atoms with Crippen molar-refractivity contribution in [1.29, 1.82) is 0 Å². The number of carbonyl (C=O) groups is 1. The van der Waals surface area contributed by atoms with E-state index in [1.54, 1.807) is 22.7 Å². The molecule has 0 aliphatic rings. The van der Waals surface area contributed by atoms with Gasteiger partial charge in [0.05, 0.1) is 9.75 Å². The fraction of sp³-hybridized carbons (Fsp3) is 0.333.